The standard InChI is InChI=1S/C31H37FN2O3/c1-4-24(3)33-31(36)29(21-25-9-6-5-7-10-25)34(22-26-14-16-27(32)17-15-26)30(35)11-8-20-37-28-18-12-23(2)13-19-28/h5-7,9-10,12-19,24,29H,4,8,11,20-22H2,1-3H3,(H,33,36)/t24-,29+/m1/s1. The third kappa shape index (κ3) is 9.05. The Kier molecular flexibility index (Phi) is 10.7. The van der Waals surface area contributed by atoms with Crippen LogP contribution in [0.5, 0.6) is 5.75 Å². The molecule has 3 aromatic rings. The molecule has 5 nitrogen and oxygen atoms in total. The molecule has 0 unspecified atom stereocenters. The van der Waals surface area contributed by atoms with E-state index >= 15 is 0 Å². The molecule has 0 spiro atoms. The molecule has 1 N–H and O–H groups in total. The van der Waals surface area contributed by atoms with Crippen LogP contribution in [0.25, 0.3) is 0 Å². The monoisotopic (exact) mass is 504 g/mol. The molecular weight excluding hydrogens is 467 g/mol. The van der Waals surface area contributed by atoms with Crippen LogP contribution in [-0.4, -0.2) is 35.4 Å². The normalized spacial score (nSPS) is 12.4. The molecule has 0 radical (unpaired) electrons. The van der Waals surface area contributed by atoms with Gasteiger partial charge < -0.3 is 15.0 Å². The lowest BCUT2D eigenvalue weighted by molar-refractivity contribution is -0.141. The van der Waals surface area contributed by atoms with Crippen LogP contribution in [0.1, 0.15) is 49.8 Å². The Morgan fingerprint density at radius 3 is 2.27 bits per heavy atom. The number of nitrogens with one attached hydrogen (secondary N) is 1. The number of nitrogens with zero attached hydrogens (tertiary/aromatic N) is 1. The van der Waals surface area contributed by atoms with Gasteiger partial charge in [-0.2, -0.15) is 0 Å². The fourth-order valence-corrected chi connectivity index (χ4v) is 3.97. The van der Waals surface area contributed by atoms with E-state index in [4.69, 9.17) is 4.74 Å². The molecule has 37 heavy (non-hydrogen) atoms. The van der Waals surface area contributed by atoms with E-state index in [9.17, 15) is 14.0 Å². The summed E-state index contributed by atoms with van der Waals surface area (Å²) >= 11 is 0. The maximum atomic E-state index is 13.6. The molecule has 0 bridgehead atoms. The van der Waals surface area contributed by atoms with Crippen molar-refractivity contribution in [3.05, 3.63) is 101 Å². The summed E-state index contributed by atoms with van der Waals surface area (Å²) in [5, 5.41) is 3.06. The first-order valence-electron chi connectivity index (χ1n) is 12.9. The molecule has 0 saturated heterocycles. The summed E-state index contributed by atoms with van der Waals surface area (Å²) in [4.78, 5) is 28.7. The Balaban J connectivity index is 1.78. The second-order valence-corrected chi connectivity index (χ2v) is 9.44. The number of hydrogen-bond acceptors (Lipinski definition) is 3. The van der Waals surface area contributed by atoms with Gasteiger partial charge in [0.05, 0.1) is 6.61 Å². The molecule has 2 amide bonds. The summed E-state index contributed by atoms with van der Waals surface area (Å²) in [6.45, 7) is 6.57. The Morgan fingerprint density at radius 2 is 1.62 bits per heavy atom. The molecular formula is C31H37FN2O3. The van der Waals surface area contributed by atoms with Crippen molar-refractivity contribution in [1.29, 1.82) is 0 Å². The maximum absolute atomic E-state index is 13.6. The molecule has 0 heterocycles. The van der Waals surface area contributed by atoms with E-state index in [1.807, 2.05) is 75.4 Å². The van der Waals surface area contributed by atoms with Crippen molar-refractivity contribution < 1.29 is 18.7 Å². The predicted octanol–water partition coefficient (Wildman–Crippen LogP) is 5.85. The van der Waals surface area contributed by atoms with Crippen molar-refractivity contribution in [3.63, 3.8) is 0 Å². The number of ether oxygens (including phenoxy) is 1. The third-order valence-corrected chi connectivity index (χ3v) is 6.36. The van der Waals surface area contributed by atoms with Gasteiger partial charge in [0.15, 0.2) is 0 Å². The molecule has 2 atom stereocenters. The van der Waals surface area contributed by atoms with Gasteiger partial charge in [-0.05, 0) is 62.1 Å². The Hall–Kier alpha value is -3.67. The van der Waals surface area contributed by atoms with Crippen molar-refractivity contribution in [2.45, 2.75) is 65.1 Å². The van der Waals surface area contributed by atoms with E-state index in [-0.39, 0.29) is 36.6 Å². The molecule has 0 fully saturated rings. The zero-order valence-electron chi connectivity index (χ0n) is 22.0. The summed E-state index contributed by atoms with van der Waals surface area (Å²) in [5.41, 5.74) is 2.88. The van der Waals surface area contributed by atoms with Gasteiger partial charge in [0, 0.05) is 25.4 Å². The van der Waals surface area contributed by atoms with Crippen molar-refractivity contribution in [2.75, 3.05) is 6.61 Å². The van der Waals surface area contributed by atoms with Crippen LogP contribution in [0.3, 0.4) is 0 Å². The Labute approximate surface area is 219 Å². The van der Waals surface area contributed by atoms with Crippen LogP contribution in [-0.2, 0) is 22.6 Å². The molecule has 196 valence electrons. The van der Waals surface area contributed by atoms with Crippen LogP contribution in [0.4, 0.5) is 4.39 Å². The van der Waals surface area contributed by atoms with Gasteiger partial charge in [0.1, 0.15) is 17.6 Å². The smallest absolute Gasteiger partial charge is 0.243 e. The largest absolute Gasteiger partial charge is 0.494 e. The van der Waals surface area contributed by atoms with Gasteiger partial charge in [0.2, 0.25) is 11.8 Å². The molecule has 0 aliphatic heterocycles. The Bertz CT molecular complexity index is 1120. The molecule has 0 aromatic heterocycles. The SMILES string of the molecule is CC[C@@H](C)NC(=O)[C@H](Cc1ccccc1)N(Cc1ccc(F)cc1)C(=O)CCCOc1ccc(C)cc1. The molecule has 0 aliphatic rings. The summed E-state index contributed by atoms with van der Waals surface area (Å²) in [5.74, 6) is 0.0861. The first-order valence-corrected chi connectivity index (χ1v) is 12.9. The van der Waals surface area contributed by atoms with Crippen molar-refractivity contribution in [1.82, 2.24) is 10.2 Å². The van der Waals surface area contributed by atoms with Crippen LogP contribution in [0, 0.1) is 12.7 Å². The number of benzene rings is 3. The zero-order chi connectivity index (χ0) is 26.6. The van der Waals surface area contributed by atoms with Gasteiger partial charge in [-0.15, -0.1) is 0 Å². The second-order valence-electron chi connectivity index (χ2n) is 9.44. The van der Waals surface area contributed by atoms with E-state index in [0.717, 1.165) is 28.9 Å². The lowest BCUT2D eigenvalue weighted by Gasteiger charge is -2.32. The minimum atomic E-state index is -0.702. The van der Waals surface area contributed by atoms with E-state index in [1.54, 1.807) is 17.0 Å². The van der Waals surface area contributed by atoms with Crippen LogP contribution in [0.2, 0.25) is 0 Å². The van der Waals surface area contributed by atoms with Crippen molar-refractivity contribution in [2.24, 2.45) is 0 Å². The number of halogens is 1. The first kappa shape index (κ1) is 27.9. The van der Waals surface area contributed by atoms with Crippen LogP contribution in [0.15, 0.2) is 78.9 Å². The number of amides is 2. The first-order chi connectivity index (χ1) is 17.9. The van der Waals surface area contributed by atoms with Gasteiger partial charge in [0.25, 0.3) is 0 Å². The predicted molar refractivity (Wildman–Crippen MR) is 145 cm³/mol. The van der Waals surface area contributed by atoms with E-state index in [2.05, 4.69) is 5.32 Å². The number of carbonyl (C=O) groups is 2. The highest BCUT2D eigenvalue weighted by Crippen LogP contribution is 2.18. The average molecular weight is 505 g/mol. The van der Waals surface area contributed by atoms with Gasteiger partial charge in [-0.25, -0.2) is 4.39 Å². The highest BCUT2D eigenvalue weighted by molar-refractivity contribution is 5.88. The number of aryl methyl sites for hydroxylation is 1. The summed E-state index contributed by atoms with van der Waals surface area (Å²) in [6, 6.07) is 22.8. The van der Waals surface area contributed by atoms with Crippen molar-refractivity contribution >= 4 is 11.8 Å². The number of carbonyl (C=O) groups excluding carboxylic acids is 2. The zero-order valence-corrected chi connectivity index (χ0v) is 22.0. The quantitative estimate of drug-likeness (QED) is 0.297. The van der Waals surface area contributed by atoms with Crippen molar-refractivity contribution in [3.8, 4) is 5.75 Å². The summed E-state index contributed by atoms with van der Waals surface area (Å²) in [6.07, 6.45) is 1.91. The van der Waals surface area contributed by atoms with Gasteiger partial charge in [-0.3, -0.25) is 9.59 Å². The molecule has 3 rings (SSSR count). The highest BCUT2D eigenvalue weighted by atomic mass is 19.1. The third-order valence-electron chi connectivity index (χ3n) is 6.36. The number of hydrogen-bond donors (Lipinski definition) is 1. The highest BCUT2D eigenvalue weighted by Gasteiger charge is 2.30. The van der Waals surface area contributed by atoms with Crippen LogP contribution < -0.4 is 10.1 Å². The fraction of sp³-hybridized carbons (Fsp3) is 0.355. The van der Waals surface area contributed by atoms with E-state index < -0.39 is 6.04 Å². The second kappa shape index (κ2) is 14.2. The minimum Gasteiger partial charge on any atom is -0.494 e. The lowest BCUT2D eigenvalue weighted by atomic mass is 10.0. The summed E-state index contributed by atoms with van der Waals surface area (Å²) in [7, 11) is 0. The average Bonchev–Trinajstić information content (AvgIpc) is 2.91. The fourth-order valence-electron chi connectivity index (χ4n) is 3.97. The molecule has 3 aromatic carbocycles. The lowest BCUT2D eigenvalue weighted by Crippen LogP contribution is -2.52. The topological polar surface area (TPSA) is 58.6 Å². The molecule has 6 heteroatoms. The molecule has 0 saturated carbocycles. The van der Waals surface area contributed by atoms with Gasteiger partial charge in [-0.1, -0.05) is 67.1 Å². The van der Waals surface area contributed by atoms with E-state index in [0.29, 0.717) is 19.4 Å². The van der Waals surface area contributed by atoms with E-state index in [1.165, 1.54) is 12.1 Å². The maximum Gasteiger partial charge on any atom is 0.243 e. The number of rotatable bonds is 13. The molecule has 0 aliphatic carbocycles. The van der Waals surface area contributed by atoms with Gasteiger partial charge >= 0.3 is 0 Å². The minimum absolute atomic E-state index is 0.0172. The Morgan fingerprint density at radius 1 is 0.946 bits per heavy atom. The summed E-state index contributed by atoms with van der Waals surface area (Å²) < 4.78 is 19.4. The van der Waals surface area contributed by atoms with Crippen LogP contribution >= 0.6 is 0 Å².